The van der Waals surface area contributed by atoms with Crippen molar-refractivity contribution in [1.82, 2.24) is 4.31 Å². The second kappa shape index (κ2) is 5.58. The van der Waals surface area contributed by atoms with Crippen LogP contribution in [-0.2, 0) is 19.5 Å². The van der Waals surface area contributed by atoms with E-state index in [1.807, 2.05) is 0 Å². The Morgan fingerprint density at radius 3 is 2.05 bits per heavy atom. The van der Waals surface area contributed by atoms with E-state index in [-0.39, 0.29) is 0 Å². The van der Waals surface area contributed by atoms with Gasteiger partial charge in [-0.15, -0.1) is 0 Å². The van der Waals surface area contributed by atoms with Crippen LogP contribution in [0.2, 0.25) is 0 Å². The summed E-state index contributed by atoms with van der Waals surface area (Å²) in [6.45, 7) is 0.803. The van der Waals surface area contributed by atoms with Crippen LogP contribution in [0.15, 0.2) is 35.2 Å². The Hall–Kier alpha value is -0.950. The van der Waals surface area contributed by atoms with Gasteiger partial charge < -0.3 is 9.47 Å². The third-order valence-corrected chi connectivity index (χ3v) is 5.52. The van der Waals surface area contributed by atoms with E-state index in [9.17, 15) is 8.42 Å². The van der Waals surface area contributed by atoms with Gasteiger partial charge in [0.2, 0.25) is 10.0 Å². The summed E-state index contributed by atoms with van der Waals surface area (Å²) >= 11 is 0. The Labute approximate surface area is 114 Å². The van der Waals surface area contributed by atoms with Crippen LogP contribution in [0.3, 0.4) is 0 Å². The van der Waals surface area contributed by atoms with Crippen molar-refractivity contribution < 1.29 is 17.9 Å². The van der Waals surface area contributed by atoms with E-state index in [0.717, 1.165) is 0 Å². The molecule has 0 radical (unpaired) electrons. The lowest BCUT2D eigenvalue weighted by molar-refractivity contribution is -0.224. The van der Waals surface area contributed by atoms with Crippen molar-refractivity contribution in [2.75, 3.05) is 27.3 Å². The second-order valence-corrected chi connectivity index (χ2v) is 6.47. The lowest BCUT2D eigenvalue weighted by Crippen LogP contribution is -2.48. The molecule has 106 valence electrons. The predicted octanol–water partition coefficient (Wildman–Crippen LogP) is 1.46. The fourth-order valence-corrected chi connectivity index (χ4v) is 3.76. The summed E-state index contributed by atoms with van der Waals surface area (Å²) in [5.41, 5.74) is 0. The number of sulfonamides is 1. The Morgan fingerprint density at radius 2 is 1.58 bits per heavy atom. The van der Waals surface area contributed by atoms with Gasteiger partial charge in [-0.2, -0.15) is 4.31 Å². The molecule has 1 aliphatic rings. The number of hydrogen-bond donors (Lipinski definition) is 0. The van der Waals surface area contributed by atoms with Gasteiger partial charge in [-0.25, -0.2) is 8.42 Å². The third kappa shape index (κ3) is 2.81. The molecule has 0 N–H and O–H groups in total. The molecule has 2 rings (SSSR count). The normalized spacial score (nSPS) is 20.3. The highest BCUT2D eigenvalue weighted by Crippen LogP contribution is 2.29. The summed E-state index contributed by atoms with van der Waals surface area (Å²) in [5, 5.41) is 0. The summed E-state index contributed by atoms with van der Waals surface area (Å²) in [6, 6.07) is 8.49. The van der Waals surface area contributed by atoms with Crippen molar-refractivity contribution >= 4 is 10.0 Å². The number of benzene rings is 1. The number of ether oxygens (including phenoxy) is 2. The first-order valence-corrected chi connectivity index (χ1v) is 7.64. The highest BCUT2D eigenvalue weighted by atomic mass is 32.2. The van der Waals surface area contributed by atoms with E-state index in [4.69, 9.17) is 9.47 Å². The zero-order chi connectivity index (χ0) is 13.9. The average molecular weight is 285 g/mol. The van der Waals surface area contributed by atoms with Gasteiger partial charge in [-0.1, -0.05) is 18.2 Å². The second-order valence-electron chi connectivity index (χ2n) is 4.54. The van der Waals surface area contributed by atoms with Crippen molar-refractivity contribution in [2.24, 2.45) is 0 Å². The van der Waals surface area contributed by atoms with Gasteiger partial charge in [0.25, 0.3) is 0 Å². The van der Waals surface area contributed by atoms with E-state index < -0.39 is 15.8 Å². The van der Waals surface area contributed by atoms with Crippen molar-refractivity contribution in [3.8, 4) is 0 Å². The van der Waals surface area contributed by atoms with Crippen LogP contribution in [0.5, 0.6) is 0 Å². The minimum Gasteiger partial charge on any atom is -0.353 e. The monoisotopic (exact) mass is 285 g/mol. The zero-order valence-corrected chi connectivity index (χ0v) is 12.0. The molecular formula is C13H19NO4S. The largest absolute Gasteiger partial charge is 0.353 e. The topological polar surface area (TPSA) is 55.8 Å². The molecule has 1 aromatic carbocycles. The van der Waals surface area contributed by atoms with Gasteiger partial charge in [0.15, 0.2) is 5.79 Å². The molecule has 1 aliphatic heterocycles. The first-order chi connectivity index (χ1) is 9.04. The Kier molecular flexibility index (Phi) is 4.25. The van der Waals surface area contributed by atoms with Crippen LogP contribution in [-0.4, -0.2) is 45.8 Å². The van der Waals surface area contributed by atoms with Crippen LogP contribution in [0.1, 0.15) is 12.8 Å². The number of piperidine rings is 1. The molecule has 1 fully saturated rings. The van der Waals surface area contributed by atoms with Crippen molar-refractivity contribution in [1.29, 1.82) is 0 Å². The SMILES string of the molecule is COC1(OC)CCN(S(=O)(=O)c2ccccc2)CC1. The van der Waals surface area contributed by atoms with Gasteiger partial charge in [-0.05, 0) is 12.1 Å². The molecule has 1 aromatic rings. The van der Waals surface area contributed by atoms with E-state index >= 15 is 0 Å². The molecule has 0 aromatic heterocycles. The van der Waals surface area contributed by atoms with Crippen LogP contribution < -0.4 is 0 Å². The van der Waals surface area contributed by atoms with E-state index in [1.165, 1.54) is 4.31 Å². The summed E-state index contributed by atoms with van der Waals surface area (Å²) in [4.78, 5) is 0.331. The molecule has 6 heteroatoms. The maximum atomic E-state index is 12.4. The van der Waals surface area contributed by atoms with E-state index in [1.54, 1.807) is 44.6 Å². The standard InChI is InChI=1S/C13H19NO4S/c1-17-13(18-2)8-10-14(11-9-13)19(15,16)12-6-4-3-5-7-12/h3-7H,8-11H2,1-2H3. The smallest absolute Gasteiger partial charge is 0.243 e. The fourth-order valence-electron chi connectivity index (χ4n) is 2.30. The average Bonchev–Trinajstić information content (AvgIpc) is 2.48. The molecular weight excluding hydrogens is 266 g/mol. The van der Waals surface area contributed by atoms with Crippen LogP contribution in [0.25, 0.3) is 0 Å². The first-order valence-electron chi connectivity index (χ1n) is 6.20. The Bertz CT molecular complexity index is 501. The van der Waals surface area contributed by atoms with E-state index in [2.05, 4.69) is 0 Å². The van der Waals surface area contributed by atoms with Gasteiger partial charge in [0.05, 0.1) is 4.90 Å². The van der Waals surface area contributed by atoms with Crippen molar-refractivity contribution in [3.63, 3.8) is 0 Å². The first kappa shape index (κ1) is 14.5. The summed E-state index contributed by atoms with van der Waals surface area (Å²) in [7, 11) is -0.230. The predicted molar refractivity (Wildman–Crippen MR) is 71.2 cm³/mol. The number of hydrogen-bond acceptors (Lipinski definition) is 4. The van der Waals surface area contributed by atoms with Gasteiger partial charge in [0, 0.05) is 40.2 Å². The minimum atomic E-state index is -3.41. The summed E-state index contributed by atoms with van der Waals surface area (Å²) in [6.07, 6.45) is 1.07. The molecule has 0 atom stereocenters. The molecule has 0 spiro atoms. The number of nitrogens with zero attached hydrogens (tertiary/aromatic N) is 1. The minimum absolute atomic E-state index is 0.331. The van der Waals surface area contributed by atoms with Crippen LogP contribution in [0, 0.1) is 0 Å². The maximum Gasteiger partial charge on any atom is 0.243 e. The van der Waals surface area contributed by atoms with Gasteiger partial charge in [0.1, 0.15) is 0 Å². The molecule has 0 unspecified atom stereocenters. The quantitative estimate of drug-likeness (QED) is 0.786. The molecule has 1 heterocycles. The molecule has 5 nitrogen and oxygen atoms in total. The van der Waals surface area contributed by atoms with Gasteiger partial charge >= 0.3 is 0 Å². The molecule has 0 bridgehead atoms. The highest BCUT2D eigenvalue weighted by Gasteiger charge is 2.38. The molecule has 19 heavy (non-hydrogen) atoms. The highest BCUT2D eigenvalue weighted by molar-refractivity contribution is 7.89. The lowest BCUT2D eigenvalue weighted by atomic mass is 10.1. The Morgan fingerprint density at radius 1 is 1.05 bits per heavy atom. The lowest BCUT2D eigenvalue weighted by Gasteiger charge is -2.38. The zero-order valence-electron chi connectivity index (χ0n) is 11.2. The van der Waals surface area contributed by atoms with E-state index in [0.29, 0.717) is 30.8 Å². The van der Waals surface area contributed by atoms with Crippen LogP contribution in [0.4, 0.5) is 0 Å². The van der Waals surface area contributed by atoms with Crippen molar-refractivity contribution in [3.05, 3.63) is 30.3 Å². The fraction of sp³-hybridized carbons (Fsp3) is 0.538. The third-order valence-electron chi connectivity index (χ3n) is 3.61. The van der Waals surface area contributed by atoms with Crippen LogP contribution >= 0.6 is 0 Å². The molecule has 0 aliphatic carbocycles. The molecule has 0 saturated carbocycles. The van der Waals surface area contributed by atoms with Gasteiger partial charge in [-0.3, -0.25) is 0 Å². The van der Waals surface area contributed by atoms with Crippen molar-refractivity contribution in [2.45, 2.75) is 23.5 Å². The molecule has 1 saturated heterocycles. The number of rotatable bonds is 4. The summed E-state index contributed by atoms with van der Waals surface area (Å²) in [5.74, 6) is -0.650. The Balaban J connectivity index is 2.14. The number of methoxy groups -OCH3 is 2. The maximum absolute atomic E-state index is 12.4. The summed E-state index contributed by atoms with van der Waals surface area (Å²) < 4.78 is 37.0. The molecule has 0 amide bonds.